The standard InChI is InChI=1S/C23H19ClN8OS/c1-14-4-3-5-19(15(14)2)32-23(28-29-30-32)34-13-22(33)27-21-9-11-26-31(21)20-8-10-25-18-12-16(24)6-7-17(18)20/h3-12H,13H2,1-2H3,(H,27,33). The summed E-state index contributed by atoms with van der Waals surface area (Å²) in [6.45, 7) is 4.05. The number of carbonyl (C=O) groups excluding carboxylic acids is 1. The number of nitrogens with zero attached hydrogens (tertiary/aromatic N) is 7. The van der Waals surface area contributed by atoms with Crippen molar-refractivity contribution in [2.24, 2.45) is 0 Å². The zero-order valence-electron chi connectivity index (χ0n) is 18.3. The molecule has 0 bridgehead atoms. The van der Waals surface area contributed by atoms with E-state index in [-0.39, 0.29) is 11.7 Å². The van der Waals surface area contributed by atoms with Gasteiger partial charge in [0.1, 0.15) is 5.82 Å². The van der Waals surface area contributed by atoms with Gasteiger partial charge < -0.3 is 5.32 Å². The average molecular weight is 491 g/mol. The summed E-state index contributed by atoms with van der Waals surface area (Å²) in [6, 6.07) is 15.0. The third kappa shape index (κ3) is 4.25. The Morgan fingerprint density at radius 3 is 2.82 bits per heavy atom. The molecule has 1 amide bonds. The fourth-order valence-corrected chi connectivity index (χ4v) is 4.43. The molecule has 0 radical (unpaired) electrons. The molecule has 1 N–H and O–H groups in total. The molecule has 0 spiro atoms. The molecule has 0 atom stereocenters. The van der Waals surface area contributed by atoms with E-state index in [1.165, 1.54) is 11.8 Å². The predicted octanol–water partition coefficient (Wildman–Crippen LogP) is 4.40. The van der Waals surface area contributed by atoms with Crippen LogP contribution in [0.4, 0.5) is 5.82 Å². The van der Waals surface area contributed by atoms with Gasteiger partial charge in [-0.05, 0) is 65.7 Å². The van der Waals surface area contributed by atoms with Crippen LogP contribution >= 0.6 is 23.4 Å². The first-order valence-corrected chi connectivity index (χ1v) is 11.7. The number of amides is 1. The molecule has 9 nitrogen and oxygen atoms in total. The smallest absolute Gasteiger partial charge is 0.236 e. The maximum atomic E-state index is 12.8. The monoisotopic (exact) mass is 490 g/mol. The van der Waals surface area contributed by atoms with Crippen molar-refractivity contribution in [3.63, 3.8) is 0 Å². The molecule has 5 aromatic rings. The summed E-state index contributed by atoms with van der Waals surface area (Å²) in [6.07, 6.45) is 3.32. The van der Waals surface area contributed by atoms with E-state index >= 15 is 0 Å². The first-order valence-electron chi connectivity index (χ1n) is 10.4. The lowest BCUT2D eigenvalue weighted by Gasteiger charge is -2.12. The molecule has 0 fully saturated rings. The minimum Gasteiger partial charge on any atom is -0.310 e. The third-order valence-electron chi connectivity index (χ3n) is 5.40. The number of aryl methyl sites for hydroxylation is 1. The van der Waals surface area contributed by atoms with Crippen LogP contribution in [0.25, 0.3) is 22.3 Å². The number of aromatic nitrogens is 7. The topological polar surface area (TPSA) is 103 Å². The summed E-state index contributed by atoms with van der Waals surface area (Å²) in [4.78, 5) is 17.2. The van der Waals surface area contributed by atoms with E-state index in [4.69, 9.17) is 11.6 Å². The van der Waals surface area contributed by atoms with E-state index in [2.05, 4.69) is 30.9 Å². The van der Waals surface area contributed by atoms with E-state index in [0.717, 1.165) is 33.4 Å². The van der Waals surface area contributed by atoms with Crippen molar-refractivity contribution in [2.45, 2.75) is 19.0 Å². The van der Waals surface area contributed by atoms with Crippen molar-refractivity contribution in [1.29, 1.82) is 0 Å². The minimum atomic E-state index is -0.205. The number of benzene rings is 2. The Hall–Kier alpha value is -3.76. The van der Waals surface area contributed by atoms with Gasteiger partial charge in [0.2, 0.25) is 11.1 Å². The molecular formula is C23H19ClN8OS. The van der Waals surface area contributed by atoms with E-state index < -0.39 is 0 Å². The lowest BCUT2D eigenvalue weighted by Crippen LogP contribution is -2.17. The normalized spacial score (nSPS) is 11.1. The first kappa shape index (κ1) is 22.1. The molecule has 34 heavy (non-hydrogen) atoms. The highest BCUT2D eigenvalue weighted by Crippen LogP contribution is 2.26. The van der Waals surface area contributed by atoms with Gasteiger partial charge in [-0.25, -0.2) is 4.68 Å². The summed E-state index contributed by atoms with van der Waals surface area (Å²) in [5.41, 5.74) is 4.63. The largest absolute Gasteiger partial charge is 0.310 e. The molecule has 5 rings (SSSR count). The highest BCUT2D eigenvalue weighted by Gasteiger charge is 2.16. The Kier molecular flexibility index (Phi) is 5.99. The van der Waals surface area contributed by atoms with Gasteiger partial charge in [-0.1, -0.05) is 35.5 Å². The Labute approximate surface area is 204 Å². The number of hydrogen-bond donors (Lipinski definition) is 1. The average Bonchev–Trinajstić information content (AvgIpc) is 3.48. The molecule has 170 valence electrons. The van der Waals surface area contributed by atoms with Gasteiger partial charge in [0, 0.05) is 22.7 Å². The van der Waals surface area contributed by atoms with Crippen molar-refractivity contribution in [2.75, 3.05) is 11.1 Å². The van der Waals surface area contributed by atoms with Gasteiger partial charge >= 0.3 is 0 Å². The molecule has 3 heterocycles. The number of nitrogens with one attached hydrogen (secondary N) is 1. The Morgan fingerprint density at radius 2 is 1.94 bits per heavy atom. The van der Waals surface area contributed by atoms with Gasteiger partial charge in [0.25, 0.3) is 0 Å². The minimum absolute atomic E-state index is 0.128. The molecule has 0 unspecified atom stereocenters. The first-order chi connectivity index (χ1) is 16.5. The van der Waals surface area contributed by atoms with E-state index in [9.17, 15) is 4.79 Å². The second kappa shape index (κ2) is 9.24. The second-order valence-electron chi connectivity index (χ2n) is 7.55. The van der Waals surface area contributed by atoms with Gasteiger partial charge in [-0.3, -0.25) is 9.78 Å². The van der Waals surface area contributed by atoms with Crippen molar-refractivity contribution in [3.05, 3.63) is 77.1 Å². The SMILES string of the molecule is Cc1cccc(-n2nnnc2SCC(=O)Nc2ccnn2-c2ccnc3cc(Cl)ccc23)c1C. The van der Waals surface area contributed by atoms with Gasteiger partial charge in [0.05, 0.1) is 28.8 Å². The molecule has 11 heteroatoms. The molecule has 0 aliphatic carbocycles. The zero-order valence-corrected chi connectivity index (χ0v) is 19.9. The Morgan fingerprint density at radius 1 is 1.06 bits per heavy atom. The van der Waals surface area contributed by atoms with Crippen LogP contribution in [0.5, 0.6) is 0 Å². The number of rotatable bonds is 6. The molecule has 0 aliphatic heterocycles. The number of pyridine rings is 1. The summed E-state index contributed by atoms with van der Waals surface area (Å²) in [5, 5.41) is 21.3. The van der Waals surface area contributed by atoms with Crippen LogP contribution in [0.1, 0.15) is 11.1 Å². The van der Waals surface area contributed by atoms with Gasteiger partial charge in [0.15, 0.2) is 0 Å². The second-order valence-corrected chi connectivity index (χ2v) is 8.93. The fraction of sp³-hybridized carbons (Fsp3) is 0.130. The van der Waals surface area contributed by atoms with Crippen molar-refractivity contribution < 1.29 is 4.79 Å². The van der Waals surface area contributed by atoms with Crippen LogP contribution in [-0.4, -0.2) is 46.6 Å². The Bertz CT molecular complexity index is 1510. The molecule has 0 aliphatic rings. The van der Waals surface area contributed by atoms with Gasteiger partial charge in [-0.15, -0.1) is 5.10 Å². The molecule has 2 aromatic carbocycles. The van der Waals surface area contributed by atoms with Crippen molar-refractivity contribution in [1.82, 2.24) is 35.0 Å². The number of halogens is 1. The lowest BCUT2D eigenvalue weighted by molar-refractivity contribution is -0.113. The molecule has 0 saturated heterocycles. The van der Waals surface area contributed by atoms with Crippen LogP contribution < -0.4 is 5.32 Å². The fourth-order valence-electron chi connectivity index (χ4n) is 3.58. The summed E-state index contributed by atoms with van der Waals surface area (Å²) in [7, 11) is 0. The molecule has 0 saturated carbocycles. The number of carbonyl (C=O) groups is 1. The van der Waals surface area contributed by atoms with Gasteiger partial charge in [-0.2, -0.15) is 9.78 Å². The zero-order chi connectivity index (χ0) is 23.7. The summed E-state index contributed by atoms with van der Waals surface area (Å²) >= 11 is 7.36. The Balaban J connectivity index is 1.34. The highest BCUT2D eigenvalue weighted by atomic mass is 35.5. The number of anilines is 1. The van der Waals surface area contributed by atoms with E-state index in [0.29, 0.717) is 16.0 Å². The highest BCUT2D eigenvalue weighted by molar-refractivity contribution is 7.99. The number of tetrazole rings is 1. The van der Waals surface area contributed by atoms with Crippen LogP contribution in [0.3, 0.4) is 0 Å². The maximum absolute atomic E-state index is 12.8. The van der Waals surface area contributed by atoms with E-state index in [1.807, 2.05) is 44.2 Å². The van der Waals surface area contributed by atoms with Crippen LogP contribution in [0, 0.1) is 13.8 Å². The number of thioether (sulfide) groups is 1. The third-order valence-corrected chi connectivity index (χ3v) is 6.55. The summed E-state index contributed by atoms with van der Waals surface area (Å²) < 4.78 is 3.32. The predicted molar refractivity (Wildman–Crippen MR) is 132 cm³/mol. The van der Waals surface area contributed by atoms with Crippen LogP contribution in [-0.2, 0) is 4.79 Å². The molecular weight excluding hydrogens is 472 g/mol. The number of hydrogen-bond acceptors (Lipinski definition) is 7. The summed E-state index contributed by atoms with van der Waals surface area (Å²) in [5.74, 6) is 0.467. The van der Waals surface area contributed by atoms with Crippen molar-refractivity contribution in [3.8, 4) is 11.4 Å². The number of fused-ring (bicyclic) bond motifs is 1. The van der Waals surface area contributed by atoms with Crippen LogP contribution in [0.15, 0.2) is 66.1 Å². The van der Waals surface area contributed by atoms with Crippen LogP contribution in [0.2, 0.25) is 5.02 Å². The lowest BCUT2D eigenvalue weighted by atomic mass is 10.1. The maximum Gasteiger partial charge on any atom is 0.236 e. The quantitative estimate of drug-likeness (QED) is 0.352. The van der Waals surface area contributed by atoms with Crippen molar-refractivity contribution >= 4 is 46.0 Å². The van der Waals surface area contributed by atoms with E-state index in [1.54, 1.807) is 40.0 Å². The molecule has 3 aromatic heterocycles.